The van der Waals surface area contributed by atoms with E-state index in [0.717, 1.165) is 18.6 Å². The molecule has 0 bridgehead atoms. The van der Waals surface area contributed by atoms with Crippen molar-refractivity contribution in [2.45, 2.75) is 64.6 Å². The largest absolute Gasteiger partial charge is 0.491 e. The molecule has 0 saturated heterocycles. The van der Waals surface area contributed by atoms with Crippen LogP contribution in [0.1, 0.15) is 45.1 Å². The van der Waals surface area contributed by atoms with Crippen molar-refractivity contribution in [3.63, 3.8) is 0 Å². The third kappa shape index (κ3) is 4.13. The van der Waals surface area contributed by atoms with Crippen molar-refractivity contribution >= 4 is 5.69 Å². The van der Waals surface area contributed by atoms with E-state index in [0.29, 0.717) is 12.1 Å². The molecule has 2 rings (SSSR count). The normalized spacial score (nSPS) is 23.4. The Labute approximate surface area is 116 Å². The summed E-state index contributed by atoms with van der Waals surface area (Å²) in [6.07, 6.45) is 4.82. The van der Waals surface area contributed by atoms with Crippen LogP contribution in [0.25, 0.3) is 0 Å². The molecular weight excluding hydrogens is 236 g/mol. The Hall–Kier alpha value is -1.22. The highest BCUT2D eigenvalue weighted by atomic mass is 16.5. The highest BCUT2D eigenvalue weighted by Gasteiger charge is 2.18. The van der Waals surface area contributed by atoms with Gasteiger partial charge in [0.2, 0.25) is 0 Å². The standard InChI is InChI=1S/C16H26N2O/c1-11(2)19-15-8-9-16(12(3)10-15)18-14-6-4-13(17)5-7-14/h8-11,13-14,18H,4-7,17H2,1-3H3. The molecule has 1 fully saturated rings. The molecule has 1 aromatic rings. The predicted octanol–water partition coefficient (Wildman–Crippen LogP) is 3.46. The summed E-state index contributed by atoms with van der Waals surface area (Å²) < 4.78 is 5.71. The highest BCUT2D eigenvalue weighted by Crippen LogP contribution is 2.26. The summed E-state index contributed by atoms with van der Waals surface area (Å²) in [5.74, 6) is 0.948. The second kappa shape index (κ2) is 6.29. The number of aryl methyl sites for hydroxylation is 1. The maximum atomic E-state index is 5.94. The van der Waals surface area contributed by atoms with Crippen molar-refractivity contribution in [1.82, 2.24) is 0 Å². The molecule has 0 aliphatic heterocycles. The zero-order chi connectivity index (χ0) is 13.8. The fraction of sp³-hybridized carbons (Fsp3) is 0.625. The van der Waals surface area contributed by atoms with Gasteiger partial charge in [0.15, 0.2) is 0 Å². The van der Waals surface area contributed by atoms with Crippen LogP contribution < -0.4 is 15.8 Å². The molecule has 3 heteroatoms. The minimum absolute atomic E-state index is 0.220. The summed E-state index contributed by atoms with van der Waals surface area (Å²) >= 11 is 0. The zero-order valence-corrected chi connectivity index (χ0v) is 12.3. The van der Waals surface area contributed by atoms with Gasteiger partial charge in [-0.05, 0) is 70.2 Å². The van der Waals surface area contributed by atoms with E-state index in [1.807, 2.05) is 19.9 Å². The Morgan fingerprint density at radius 1 is 1.21 bits per heavy atom. The van der Waals surface area contributed by atoms with Crippen molar-refractivity contribution in [3.05, 3.63) is 23.8 Å². The molecule has 3 N–H and O–H groups in total. The van der Waals surface area contributed by atoms with Gasteiger partial charge in [-0.15, -0.1) is 0 Å². The Morgan fingerprint density at radius 2 is 1.89 bits per heavy atom. The molecule has 3 nitrogen and oxygen atoms in total. The molecule has 0 atom stereocenters. The molecule has 1 aliphatic carbocycles. The van der Waals surface area contributed by atoms with Crippen molar-refractivity contribution in [2.24, 2.45) is 5.73 Å². The van der Waals surface area contributed by atoms with Crippen LogP contribution in [0.5, 0.6) is 5.75 Å². The number of ether oxygens (including phenoxy) is 1. The van der Waals surface area contributed by atoms with E-state index in [1.165, 1.54) is 24.1 Å². The van der Waals surface area contributed by atoms with E-state index in [4.69, 9.17) is 10.5 Å². The number of nitrogens with two attached hydrogens (primary N) is 1. The smallest absolute Gasteiger partial charge is 0.120 e. The first-order valence-corrected chi connectivity index (χ1v) is 7.34. The topological polar surface area (TPSA) is 47.3 Å². The Kier molecular flexibility index (Phi) is 4.70. The van der Waals surface area contributed by atoms with Gasteiger partial charge < -0.3 is 15.8 Å². The van der Waals surface area contributed by atoms with Crippen molar-refractivity contribution in [3.8, 4) is 5.75 Å². The lowest BCUT2D eigenvalue weighted by Gasteiger charge is -2.28. The summed E-state index contributed by atoms with van der Waals surface area (Å²) in [7, 11) is 0. The van der Waals surface area contributed by atoms with Gasteiger partial charge in [-0.2, -0.15) is 0 Å². The monoisotopic (exact) mass is 262 g/mol. The van der Waals surface area contributed by atoms with Crippen LogP contribution in [-0.2, 0) is 0 Å². The van der Waals surface area contributed by atoms with Crippen LogP contribution in [0.3, 0.4) is 0 Å². The number of benzene rings is 1. The van der Waals surface area contributed by atoms with Crippen LogP contribution >= 0.6 is 0 Å². The maximum Gasteiger partial charge on any atom is 0.120 e. The summed E-state index contributed by atoms with van der Waals surface area (Å²) in [6.45, 7) is 6.23. The second-order valence-electron chi connectivity index (χ2n) is 5.90. The lowest BCUT2D eigenvalue weighted by Crippen LogP contribution is -2.32. The average molecular weight is 262 g/mol. The van der Waals surface area contributed by atoms with E-state index < -0.39 is 0 Å². The van der Waals surface area contributed by atoms with Gasteiger partial charge in [-0.3, -0.25) is 0 Å². The molecule has 0 heterocycles. The van der Waals surface area contributed by atoms with E-state index in [1.54, 1.807) is 0 Å². The van der Waals surface area contributed by atoms with Gasteiger partial charge in [0, 0.05) is 17.8 Å². The maximum absolute atomic E-state index is 5.94. The van der Waals surface area contributed by atoms with E-state index >= 15 is 0 Å². The number of hydrogen-bond acceptors (Lipinski definition) is 3. The second-order valence-corrected chi connectivity index (χ2v) is 5.90. The molecular formula is C16H26N2O. The van der Waals surface area contributed by atoms with Crippen molar-refractivity contribution in [2.75, 3.05) is 5.32 Å². The lowest BCUT2D eigenvalue weighted by atomic mass is 9.91. The van der Waals surface area contributed by atoms with Gasteiger partial charge in [-0.25, -0.2) is 0 Å². The minimum atomic E-state index is 0.220. The summed E-state index contributed by atoms with van der Waals surface area (Å²) in [4.78, 5) is 0. The zero-order valence-electron chi connectivity index (χ0n) is 12.3. The Balaban J connectivity index is 1.97. The fourth-order valence-corrected chi connectivity index (χ4v) is 2.63. The van der Waals surface area contributed by atoms with Crippen molar-refractivity contribution < 1.29 is 4.74 Å². The van der Waals surface area contributed by atoms with Crippen LogP contribution in [0.15, 0.2) is 18.2 Å². The number of nitrogens with one attached hydrogen (secondary N) is 1. The summed E-state index contributed by atoms with van der Waals surface area (Å²) in [5.41, 5.74) is 8.40. The molecule has 1 aliphatic rings. The lowest BCUT2D eigenvalue weighted by molar-refractivity contribution is 0.242. The Morgan fingerprint density at radius 3 is 2.47 bits per heavy atom. The molecule has 19 heavy (non-hydrogen) atoms. The number of hydrogen-bond donors (Lipinski definition) is 2. The third-order valence-corrected chi connectivity index (χ3v) is 3.70. The van der Waals surface area contributed by atoms with Crippen LogP contribution in [0.4, 0.5) is 5.69 Å². The molecule has 0 amide bonds. The average Bonchev–Trinajstić information content (AvgIpc) is 2.34. The van der Waals surface area contributed by atoms with Crippen LogP contribution in [-0.4, -0.2) is 18.2 Å². The van der Waals surface area contributed by atoms with Gasteiger partial charge in [0.25, 0.3) is 0 Å². The molecule has 1 saturated carbocycles. The number of anilines is 1. The fourth-order valence-electron chi connectivity index (χ4n) is 2.63. The van der Waals surface area contributed by atoms with Gasteiger partial charge >= 0.3 is 0 Å². The summed E-state index contributed by atoms with van der Waals surface area (Å²) in [6, 6.07) is 7.25. The van der Waals surface area contributed by atoms with E-state index in [2.05, 4.69) is 24.4 Å². The molecule has 0 spiro atoms. The molecule has 106 valence electrons. The first kappa shape index (κ1) is 14.2. The van der Waals surface area contributed by atoms with Gasteiger partial charge in [0.1, 0.15) is 5.75 Å². The van der Waals surface area contributed by atoms with E-state index in [9.17, 15) is 0 Å². The van der Waals surface area contributed by atoms with Gasteiger partial charge in [0.05, 0.1) is 6.10 Å². The molecule has 0 unspecified atom stereocenters. The predicted molar refractivity (Wildman–Crippen MR) is 80.8 cm³/mol. The quantitative estimate of drug-likeness (QED) is 0.873. The van der Waals surface area contributed by atoms with Crippen molar-refractivity contribution in [1.29, 1.82) is 0 Å². The first-order valence-electron chi connectivity index (χ1n) is 7.34. The third-order valence-electron chi connectivity index (χ3n) is 3.70. The van der Waals surface area contributed by atoms with Gasteiger partial charge in [-0.1, -0.05) is 0 Å². The van der Waals surface area contributed by atoms with E-state index in [-0.39, 0.29) is 6.10 Å². The molecule has 0 aromatic heterocycles. The van der Waals surface area contributed by atoms with Crippen LogP contribution in [0.2, 0.25) is 0 Å². The highest BCUT2D eigenvalue weighted by molar-refractivity contribution is 5.54. The molecule has 0 radical (unpaired) electrons. The minimum Gasteiger partial charge on any atom is -0.491 e. The summed E-state index contributed by atoms with van der Waals surface area (Å²) in [5, 5.41) is 3.64. The van der Waals surface area contributed by atoms with Crippen LogP contribution in [0, 0.1) is 6.92 Å². The SMILES string of the molecule is Cc1cc(OC(C)C)ccc1NC1CCC(N)CC1. The first-order chi connectivity index (χ1) is 9.04. The molecule has 1 aromatic carbocycles. The number of rotatable bonds is 4. The Bertz CT molecular complexity index is 409.